The lowest BCUT2D eigenvalue weighted by Crippen LogP contribution is -2.36. The molecule has 0 radical (unpaired) electrons. The van der Waals surface area contributed by atoms with Gasteiger partial charge in [0.25, 0.3) is 5.91 Å². The lowest BCUT2D eigenvalue weighted by Gasteiger charge is -2.23. The van der Waals surface area contributed by atoms with Crippen LogP contribution < -0.4 is 10.5 Å². The second-order valence-electron chi connectivity index (χ2n) is 4.25. The summed E-state index contributed by atoms with van der Waals surface area (Å²) in [5.74, 6) is -0.680. The summed E-state index contributed by atoms with van der Waals surface area (Å²) in [6.45, 7) is 3.38. The minimum atomic E-state index is -0.567. The molecule has 2 N–H and O–H groups in total. The van der Waals surface area contributed by atoms with Gasteiger partial charge >= 0.3 is 0 Å². The normalized spacial score (nSPS) is 10.3. The van der Waals surface area contributed by atoms with Crippen molar-refractivity contribution < 1.29 is 13.9 Å². The van der Waals surface area contributed by atoms with Gasteiger partial charge in [0.05, 0.1) is 7.11 Å². The van der Waals surface area contributed by atoms with Gasteiger partial charge in [0.2, 0.25) is 0 Å². The number of amides is 1. The lowest BCUT2D eigenvalue weighted by molar-refractivity contribution is 0.0749. The number of nitrogens with zero attached hydrogens (tertiary/aromatic N) is 1. The number of halogens is 1. The molecule has 0 aliphatic heterocycles. The molecule has 0 atom stereocenters. The Morgan fingerprint density at radius 3 is 2.74 bits per heavy atom. The average molecular weight is 268 g/mol. The van der Waals surface area contributed by atoms with Crippen LogP contribution in [0.15, 0.2) is 18.2 Å². The standard InChI is InChI=1S/C14H21FN2O2/c1-3-4-9-17(10-8-16)14(18)13-11(15)6-5-7-12(13)19-2/h5-7H,3-4,8-10,16H2,1-2H3. The SMILES string of the molecule is CCCCN(CCN)C(=O)c1c(F)cccc1OC. The van der Waals surface area contributed by atoms with Crippen LogP contribution in [0.4, 0.5) is 4.39 Å². The topological polar surface area (TPSA) is 55.6 Å². The van der Waals surface area contributed by atoms with Crippen LogP contribution in [0, 0.1) is 5.82 Å². The molecule has 1 aromatic rings. The van der Waals surface area contributed by atoms with Crippen LogP contribution in [0.2, 0.25) is 0 Å². The Hall–Kier alpha value is -1.62. The van der Waals surface area contributed by atoms with Crippen LogP contribution >= 0.6 is 0 Å². The maximum Gasteiger partial charge on any atom is 0.260 e. The van der Waals surface area contributed by atoms with Crippen molar-refractivity contribution in [1.82, 2.24) is 4.90 Å². The van der Waals surface area contributed by atoms with Crippen molar-refractivity contribution in [1.29, 1.82) is 0 Å². The summed E-state index contributed by atoms with van der Waals surface area (Å²) in [6.07, 6.45) is 1.82. The third kappa shape index (κ3) is 3.92. The summed E-state index contributed by atoms with van der Waals surface area (Å²) in [5.41, 5.74) is 5.49. The molecule has 0 aliphatic carbocycles. The molecule has 1 rings (SSSR count). The van der Waals surface area contributed by atoms with Gasteiger partial charge in [-0.3, -0.25) is 4.79 Å². The van der Waals surface area contributed by atoms with Crippen LogP contribution in [0.3, 0.4) is 0 Å². The van der Waals surface area contributed by atoms with E-state index in [1.165, 1.54) is 19.2 Å². The molecule has 1 amide bonds. The Labute approximate surface area is 113 Å². The van der Waals surface area contributed by atoms with E-state index in [1.807, 2.05) is 6.92 Å². The molecule has 4 nitrogen and oxygen atoms in total. The molecule has 0 fully saturated rings. The number of carbonyl (C=O) groups excluding carboxylic acids is 1. The van der Waals surface area contributed by atoms with Crippen LogP contribution in [-0.2, 0) is 0 Å². The van der Waals surface area contributed by atoms with Gasteiger partial charge < -0.3 is 15.4 Å². The van der Waals surface area contributed by atoms with E-state index < -0.39 is 5.82 Å². The summed E-state index contributed by atoms with van der Waals surface area (Å²) in [4.78, 5) is 14.0. The Kier molecular flexibility index (Phi) is 6.29. The monoisotopic (exact) mass is 268 g/mol. The highest BCUT2D eigenvalue weighted by Crippen LogP contribution is 2.23. The van der Waals surface area contributed by atoms with Crippen LogP contribution in [0.5, 0.6) is 5.75 Å². The number of hydrogen-bond acceptors (Lipinski definition) is 3. The van der Waals surface area contributed by atoms with Gasteiger partial charge in [-0.25, -0.2) is 4.39 Å². The summed E-state index contributed by atoms with van der Waals surface area (Å²) in [6, 6.07) is 4.36. The maximum absolute atomic E-state index is 13.9. The van der Waals surface area contributed by atoms with Crippen molar-refractivity contribution in [2.45, 2.75) is 19.8 Å². The minimum absolute atomic E-state index is 0.0189. The molecule has 0 aromatic heterocycles. The van der Waals surface area contributed by atoms with Crippen molar-refractivity contribution in [2.24, 2.45) is 5.73 Å². The molecule has 0 aliphatic rings. The molecular formula is C14H21FN2O2. The second kappa shape index (κ2) is 7.74. The van der Waals surface area contributed by atoms with Crippen molar-refractivity contribution >= 4 is 5.91 Å². The van der Waals surface area contributed by atoms with E-state index in [-0.39, 0.29) is 17.2 Å². The van der Waals surface area contributed by atoms with E-state index in [9.17, 15) is 9.18 Å². The number of methoxy groups -OCH3 is 1. The number of rotatable bonds is 7. The molecule has 0 unspecified atom stereocenters. The number of hydrogen-bond donors (Lipinski definition) is 1. The lowest BCUT2D eigenvalue weighted by atomic mass is 10.1. The number of benzene rings is 1. The first-order valence-corrected chi connectivity index (χ1v) is 6.47. The van der Waals surface area contributed by atoms with E-state index in [4.69, 9.17) is 10.5 Å². The number of nitrogens with two attached hydrogens (primary N) is 1. The second-order valence-corrected chi connectivity index (χ2v) is 4.25. The molecule has 0 spiro atoms. The predicted octanol–water partition coefficient (Wildman–Crippen LogP) is 2.04. The van der Waals surface area contributed by atoms with Gasteiger partial charge in [-0.1, -0.05) is 19.4 Å². The molecule has 19 heavy (non-hydrogen) atoms. The third-order valence-electron chi connectivity index (χ3n) is 2.88. The molecule has 0 saturated carbocycles. The Balaban J connectivity index is 3.01. The van der Waals surface area contributed by atoms with Gasteiger partial charge in [-0.2, -0.15) is 0 Å². The van der Waals surface area contributed by atoms with E-state index in [0.29, 0.717) is 19.6 Å². The quantitative estimate of drug-likeness (QED) is 0.823. The maximum atomic E-state index is 13.9. The molecule has 0 saturated heterocycles. The summed E-state index contributed by atoms with van der Waals surface area (Å²) in [5, 5.41) is 0. The average Bonchev–Trinajstić information content (AvgIpc) is 2.42. The van der Waals surface area contributed by atoms with Crippen molar-refractivity contribution in [2.75, 3.05) is 26.7 Å². The summed E-state index contributed by atoms with van der Waals surface area (Å²) in [7, 11) is 1.42. The van der Waals surface area contributed by atoms with Gasteiger partial charge in [0, 0.05) is 19.6 Å². The fourth-order valence-corrected chi connectivity index (χ4v) is 1.86. The molecule has 5 heteroatoms. The molecule has 0 heterocycles. The fraction of sp³-hybridized carbons (Fsp3) is 0.500. The fourth-order valence-electron chi connectivity index (χ4n) is 1.86. The molecule has 0 bridgehead atoms. The minimum Gasteiger partial charge on any atom is -0.496 e. The number of unbranched alkanes of at least 4 members (excludes halogenated alkanes) is 1. The zero-order valence-corrected chi connectivity index (χ0v) is 11.5. The Morgan fingerprint density at radius 1 is 1.42 bits per heavy atom. The highest BCUT2D eigenvalue weighted by molar-refractivity contribution is 5.97. The number of ether oxygens (including phenoxy) is 1. The first-order chi connectivity index (χ1) is 9.15. The summed E-state index contributed by atoms with van der Waals surface area (Å²) >= 11 is 0. The van der Waals surface area contributed by atoms with Crippen molar-refractivity contribution in [3.63, 3.8) is 0 Å². The van der Waals surface area contributed by atoms with Crippen LogP contribution in [-0.4, -0.2) is 37.6 Å². The smallest absolute Gasteiger partial charge is 0.260 e. The first kappa shape index (κ1) is 15.4. The van der Waals surface area contributed by atoms with E-state index in [1.54, 1.807) is 11.0 Å². The Morgan fingerprint density at radius 2 is 2.16 bits per heavy atom. The van der Waals surface area contributed by atoms with Crippen molar-refractivity contribution in [3.05, 3.63) is 29.6 Å². The molecule has 106 valence electrons. The Bertz CT molecular complexity index is 424. The van der Waals surface area contributed by atoms with Gasteiger partial charge in [-0.05, 0) is 18.6 Å². The van der Waals surface area contributed by atoms with Gasteiger partial charge in [0.1, 0.15) is 17.1 Å². The zero-order chi connectivity index (χ0) is 14.3. The molecular weight excluding hydrogens is 247 g/mol. The number of carbonyl (C=O) groups is 1. The third-order valence-corrected chi connectivity index (χ3v) is 2.88. The molecule has 1 aromatic carbocycles. The van der Waals surface area contributed by atoms with E-state index in [2.05, 4.69) is 0 Å². The van der Waals surface area contributed by atoms with Crippen molar-refractivity contribution in [3.8, 4) is 5.75 Å². The highest BCUT2D eigenvalue weighted by atomic mass is 19.1. The summed E-state index contributed by atoms with van der Waals surface area (Å²) < 4.78 is 18.9. The first-order valence-electron chi connectivity index (χ1n) is 6.47. The van der Waals surface area contributed by atoms with Gasteiger partial charge in [-0.15, -0.1) is 0 Å². The van der Waals surface area contributed by atoms with Crippen LogP contribution in [0.25, 0.3) is 0 Å². The van der Waals surface area contributed by atoms with Crippen LogP contribution in [0.1, 0.15) is 30.1 Å². The van der Waals surface area contributed by atoms with E-state index in [0.717, 1.165) is 12.8 Å². The van der Waals surface area contributed by atoms with Gasteiger partial charge in [0.15, 0.2) is 0 Å². The predicted molar refractivity (Wildman–Crippen MR) is 72.8 cm³/mol. The largest absolute Gasteiger partial charge is 0.496 e. The van der Waals surface area contributed by atoms with E-state index >= 15 is 0 Å². The zero-order valence-electron chi connectivity index (χ0n) is 11.5. The highest BCUT2D eigenvalue weighted by Gasteiger charge is 2.22.